The van der Waals surface area contributed by atoms with Crippen LogP contribution in [0.15, 0.2) is 35.2 Å². The van der Waals surface area contributed by atoms with Gasteiger partial charge in [0.15, 0.2) is 15.6 Å². The highest BCUT2D eigenvalue weighted by molar-refractivity contribution is 7.90. The average Bonchev–Trinajstić information content (AvgIpc) is 3.47. The topological polar surface area (TPSA) is 92.3 Å². The maximum Gasteiger partial charge on any atom is 0.227 e. The number of amides is 1. The molecule has 1 aliphatic heterocycles. The number of benzene rings is 2. The van der Waals surface area contributed by atoms with Gasteiger partial charge in [-0.25, -0.2) is 8.42 Å². The Balaban J connectivity index is 1.33. The lowest BCUT2D eigenvalue weighted by Crippen LogP contribution is -2.34. The quantitative estimate of drug-likeness (QED) is 0.564. The van der Waals surface area contributed by atoms with E-state index in [2.05, 4.69) is 10.6 Å². The second-order valence-electron chi connectivity index (χ2n) is 8.33. The van der Waals surface area contributed by atoms with Gasteiger partial charge in [-0.3, -0.25) is 9.59 Å². The van der Waals surface area contributed by atoms with E-state index in [0.717, 1.165) is 17.5 Å². The fourth-order valence-electron chi connectivity index (χ4n) is 4.02. The number of rotatable bonds is 6. The van der Waals surface area contributed by atoms with Crippen molar-refractivity contribution in [1.82, 2.24) is 0 Å². The van der Waals surface area contributed by atoms with E-state index in [4.69, 9.17) is 34.8 Å². The van der Waals surface area contributed by atoms with E-state index in [-0.39, 0.29) is 39.5 Å². The van der Waals surface area contributed by atoms with Crippen LogP contribution < -0.4 is 10.6 Å². The van der Waals surface area contributed by atoms with Gasteiger partial charge in [0, 0.05) is 23.6 Å². The molecule has 0 bridgehead atoms. The zero-order valence-electron chi connectivity index (χ0n) is 17.1. The summed E-state index contributed by atoms with van der Waals surface area (Å²) in [6.45, 7) is 0. The number of nitrogens with one attached hydrogen (secondary N) is 2. The number of hydrogen-bond acceptors (Lipinski definition) is 5. The molecule has 0 saturated heterocycles. The maximum atomic E-state index is 12.8. The molecule has 1 saturated carbocycles. The predicted octanol–water partition coefficient (Wildman–Crippen LogP) is 5.01. The van der Waals surface area contributed by atoms with Crippen LogP contribution in [0.5, 0.6) is 0 Å². The van der Waals surface area contributed by atoms with Crippen LogP contribution in [0.3, 0.4) is 0 Å². The SMILES string of the molecule is CS(=O)(=O)c1ccc(NC(=O)C2CC2CC(=O)C2CCc3cc(Cl)cc(Cl)c3N2)c(Cl)c1. The van der Waals surface area contributed by atoms with Gasteiger partial charge in [0.25, 0.3) is 0 Å². The van der Waals surface area contributed by atoms with Crippen molar-refractivity contribution >= 4 is 67.7 Å². The number of aryl methyl sites for hydroxylation is 1. The minimum absolute atomic E-state index is 0.0274. The van der Waals surface area contributed by atoms with Crippen molar-refractivity contribution in [3.8, 4) is 0 Å². The number of ketones is 1. The fourth-order valence-corrected chi connectivity index (χ4v) is 5.55. The number of halogens is 3. The van der Waals surface area contributed by atoms with E-state index in [0.29, 0.717) is 41.4 Å². The molecule has 2 aromatic rings. The molecule has 2 aromatic carbocycles. The summed E-state index contributed by atoms with van der Waals surface area (Å²) in [6.07, 6.45) is 3.36. The zero-order chi connectivity index (χ0) is 23.2. The number of anilines is 2. The van der Waals surface area contributed by atoms with Gasteiger partial charge in [0.05, 0.1) is 32.4 Å². The van der Waals surface area contributed by atoms with E-state index in [1.807, 2.05) is 6.07 Å². The molecule has 0 aromatic heterocycles. The van der Waals surface area contributed by atoms with Gasteiger partial charge in [-0.2, -0.15) is 0 Å². The Bertz CT molecular complexity index is 1220. The first-order chi connectivity index (χ1) is 15.0. The van der Waals surface area contributed by atoms with Gasteiger partial charge in [-0.1, -0.05) is 34.8 Å². The van der Waals surface area contributed by atoms with E-state index < -0.39 is 9.84 Å². The average molecular weight is 516 g/mol. The largest absolute Gasteiger partial charge is 0.374 e. The molecule has 32 heavy (non-hydrogen) atoms. The third kappa shape index (κ3) is 5.06. The number of sulfone groups is 1. The normalized spacial score (nSPS) is 21.9. The minimum Gasteiger partial charge on any atom is -0.374 e. The molecule has 1 amide bonds. The molecule has 3 atom stereocenters. The maximum absolute atomic E-state index is 12.8. The van der Waals surface area contributed by atoms with Crippen molar-refractivity contribution in [1.29, 1.82) is 0 Å². The first-order valence-corrected chi connectivity index (χ1v) is 13.1. The highest BCUT2D eigenvalue weighted by atomic mass is 35.5. The molecule has 0 spiro atoms. The second kappa shape index (κ2) is 8.86. The smallest absolute Gasteiger partial charge is 0.227 e. The highest BCUT2D eigenvalue weighted by Crippen LogP contribution is 2.43. The minimum atomic E-state index is -3.39. The molecular weight excluding hydrogens is 495 g/mol. The van der Waals surface area contributed by atoms with Crippen LogP contribution in [0.1, 0.15) is 24.8 Å². The van der Waals surface area contributed by atoms with Gasteiger partial charge in [0.1, 0.15) is 0 Å². The Labute approximate surface area is 201 Å². The van der Waals surface area contributed by atoms with Crippen LogP contribution in [0, 0.1) is 11.8 Å². The molecule has 6 nitrogen and oxygen atoms in total. The summed E-state index contributed by atoms with van der Waals surface area (Å²) in [5, 5.41) is 7.17. The van der Waals surface area contributed by atoms with Crippen molar-refractivity contribution < 1.29 is 18.0 Å². The summed E-state index contributed by atoms with van der Waals surface area (Å²) in [5.41, 5.74) is 2.09. The molecule has 170 valence electrons. The van der Waals surface area contributed by atoms with Crippen molar-refractivity contribution in [2.75, 3.05) is 16.9 Å². The summed E-state index contributed by atoms with van der Waals surface area (Å²) in [7, 11) is -3.39. The number of hydrogen-bond donors (Lipinski definition) is 2. The van der Waals surface area contributed by atoms with Crippen LogP contribution in [0.2, 0.25) is 15.1 Å². The standard InChI is InChI=1S/C22H21Cl3N2O4S/c1-32(30,31)14-3-5-18(16(24)10-14)27-22(29)15-7-12(15)8-20(28)19-4-2-11-6-13(23)9-17(25)21(11)26-19/h3,5-6,9-10,12,15,19,26H,2,4,7-8H2,1H3,(H,27,29). The third-order valence-corrected chi connectivity index (χ3v) is 7.83. The van der Waals surface area contributed by atoms with Crippen LogP contribution in [0.4, 0.5) is 11.4 Å². The lowest BCUT2D eigenvalue weighted by molar-refractivity contribution is -0.120. The first-order valence-electron chi connectivity index (χ1n) is 10.1. The third-order valence-electron chi connectivity index (χ3n) is 5.90. The Kier molecular flexibility index (Phi) is 6.47. The van der Waals surface area contributed by atoms with Gasteiger partial charge in [0.2, 0.25) is 5.91 Å². The second-order valence-corrected chi connectivity index (χ2v) is 11.6. The number of Topliss-reactive ketones (excluding diaryl/α,β-unsaturated/α-hetero) is 1. The molecule has 2 N–H and O–H groups in total. The summed E-state index contributed by atoms with van der Waals surface area (Å²) in [6, 6.07) is 7.34. The van der Waals surface area contributed by atoms with E-state index in [1.54, 1.807) is 6.07 Å². The summed E-state index contributed by atoms with van der Waals surface area (Å²) in [5.74, 6) is -0.475. The van der Waals surface area contributed by atoms with Crippen molar-refractivity contribution in [3.63, 3.8) is 0 Å². The Hall–Kier alpha value is -1.80. The summed E-state index contributed by atoms with van der Waals surface area (Å²) < 4.78 is 23.2. The Morgan fingerprint density at radius 2 is 1.88 bits per heavy atom. The Morgan fingerprint density at radius 1 is 1.12 bits per heavy atom. The fraction of sp³-hybridized carbons (Fsp3) is 0.364. The van der Waals surface area contributed by atoms with Gasteiger partial charge in [-0.15, -0.1) is 0 Å². The van der Waals surface area contributed by atoms with Crippen LogP contribution >= 0.6 is 34.8 Å². The molecule has 2 aliphatic rings. The number of carbonyl (C=O) groups excluding carboxylic acids is 2. The zero-order valence-corrected chi connectivity index (χ0v) is 20.2. The summed E-state index contributed by atoms with van der Waals surface area (Å²) in [4.78, 5) is 25.5. The van der Waals surface area contributed by atoms with Gasteiger partial charge in [-0.05, 0) is 61.1 Å². The Morgan fingerprint density at radius 3 is 2.56 bits per heavy atom. The van der Waals surface area contributed by atoms with Crippen molar-refractivity contribution in [2.45, 2.75) is 36.6 Å². The van der Waals surface area contributed by atoms with Crippen LogP contribution in [-0.4, -0.2) is 32.4 Å². The highest BCUT2D eigenvalue weighted by Gasteiger charge is 2.45. The molecule has 1 aliphatic carbocycles. The lowest BCUT2D eigenvalue weighted by atomic mass is 9.93. The predicted molar refractivity (Wildman–Crippen MR) is 127 cm³/mol. The molecule has 3 unspecified atom stereocenters. The molecule has 0 radical (unpaired) electrons. The van der Waals surface area contributed by atoms with Gasteiger partial charge < -0.3 is 10.6 Å². The number of fused-ring (bicyclic) bond motifs is 1. The molecule has 1 heterocycles. The van der Waals surface area contributed by atoms with Crippen LogP contribution in [-0.2, 0) is 25.8 Å². The monoisotopic (exact) mass is 514 g/mol. The molecular formula is C22H21Cl3N2O4S. The van der Waals surface area contributed by atoms with Gasteiger partial charge >= 0.3 is 0 Å². The van der Waals surface area contributed by atoms with E-state index in [9.17, 15) is 18.0 Å². The van der Waals surface area contributed by atoms with E-state index >= 15 is 0 Å². The molecule has 4 rings (SSSR count). The first kappa shape index (κ1) is 23.4. The molecule has 10 heteroatoms. The van der Waals surface area contributed by atoms with E-state index in [1.165, 1.54) is 18.2 Å². The van der Waals surface area contributed by atoms with Crippen molar-refractivity contribution in [3.05, 3.63) is 51.0 Å². The van der Waals surface area contributed by atoms with Crippen LogP contribution in [0.25, 0.3) is 0 Å². The molecule has 1 fully saturated rings. The number of carbonyl (C=O) groups is 2. The lowest BCUT2D eigenvalue weighted by Gasteiger charge is -2.27. The van der Waals surface area contributed by atoms with Crippen molar-refractivity contribution in [2.24, 2.45) is 11.8 Å². The summed E-state index contributed by atoms with van der Waals surface area (Å²) >= 11 is 18.4.